The third-order valence-electron chi connectivity index (χ3n) is 4.55. The molecule has 3 aromatic rings. The Morgan fingerprint density at radius 1 is 0.704 bits per heavy atom. The van der Waals surface area contributed by atoms with E-state index in [2.05, 4.69) is 49.8 Å². The number of anilines is 1. The van der Waals surface area contributed by atoms with Crippen LogP contribution in [0.1, 0.15) is 31.9 Å². The number of hydrogen-bond acceptors (Lipinski definition) is 2. The molecule has 0 saturated heterocycles. The molecule has 0 bridgehead atoms. The number of rotatable bonds is 4. The van der Waals surface area contributed by atoms with Gasteiger partial charge in [-0.25, -0.2) is 8.42 Å². The van der Waals surface area contributed by atoms with E-state index in [1.165, 1.54) is 5.56 Å². The van der Waals surface area contributed by atoms with E-state index in [0.717, 1.165) is 16.7 Å². The van der Waals surface area contributed by atoms with E-state index in [4.69, 9.17) is 0 Å². The number of benzene rings is 3. The normalized spacial score (nSPS) is 12.0. The predicted octanol–water partition coefficient (Wildman–Crippen LogP) is 5.76. The van der Waals surface area contributed by atoms with Crippen LogP contribution in [0.4, 0.5) is 5.69 Å². The summed E-state index contributed by atoms with van der Waals surface area (Å²) in [5, 5.41) is 0. The summed E-state index contributed by atoms with van der Waals surface area (Å²) in [5.41, 5.74) is 5.14. The van der Waals surface area contributed by atoms with Crippen LogP contribution in [0.15, 0.2) is 77.7 Å². The topological polar surface area (TPSA) is 46.2 Å². The van der Waals surface area contributed by atoms with Crippen LogP contribution in [-0.2, 0) is 15.4 Å². The fraction of sp³-hybridized carbons (Fsp3) is 0.217. The Morgan fingerprint density at radius 3 is 1.67 bits per heavy atom. The van der Waals surface area contributed by atoms with E-state index < -0.39 is 10.0 Å². The van der Waals surface area contributed by atoms with Gasteiger partial charge < -0.3 is 0 Å². The quantitative estimate of drug-likeness (QED) is 0.626. The molecule has 3 nitrogen and oxygen atoms in total. The van der Waals surface area contributed by atoms with E-state index in [1.807, 2.05) is 19.1 Å². The molecule has 140 valence electrons. The average Bonchev–Trinajstić information content (AvgIpc) is 2.62. The molecular weight excluding hydrogens is 354 g/mol. The summed E-state index contributed by atoms with van der Waals surface area (Å²) in [7, 11) is -3.58. The van der Waals surface area contributed by atoms with Crippen LogP contribution in [0, 0.1) is 6.92 Å². The lowest BCUT2D eigenvalue weighted by atomic mass is 9.86. The maximum atomic E-state index is 12.5. The zero-order chi connectivity index (χ0) is 19.7. The van der Waals surface area contributed by atoms with Gasteiger partial charge in [0.2, 0.25) is 0 Å². The smallest absolute Gasteiger partial charge is 0.261 e. The van der Waals surface area contributed by atoms with E-state index in [0.29, 0.717) is 5.69 Å². The highest BCUT2D eigenvalue weighted by molar-refractivity contribution is 7.92. The van der Waals surface area contributed by atoms with Gasteiger partial charge in [-0.15, -0.1) is 0 Å². The molecule has 0 aliphatic carbocycles. The molecule has 1 N–H and O–H groups in total. The predicted molar refractivity (Wildman–Crippen MR) is 113 cm³/mol. The Balaban J connectivity index is 1.78. The average molecular weight is 380 g/mol. The summed E-state index contributed by atoms with van der Waals surface area (Å²) in [6.45, 7) is 8.50. The molecule has 4 heteroatoms. The van der Waals surface area contributed by atoms with E-state index in [1.54, 1.807) is 36.4 Å². The first-order valence-electron chi connectivity index (χ1n) is 8.96. The van der Waals surface area contributed by atoms with Crippen molar-refractivity contribution < 1.29 is 8.42 Å². The molecule has 0 aromatic heterocycles. The molecule has 0 heterocycles. The second-order valence-electron chi connectivity index (χ2n) is 7.82. The molecule has 3 rings (SSSR count). The van der Waals surface area contributed by atoms with Crippen LogP contribution in [0.5, 0.6) is 0 Å². The first-order valence-corrected chi connectivity index (χ1v) is 10.4. The van der Waals surface area contributed by atoms with Crippen molar-refractivity contribution in [2.45, 2.75) is 38.0 Å². The molecule has 0 aliphatic heterocycles. The van der Waals surface area contributed by atoms with Crippen molar-refractivity contribution in [3.63, 3.8) is 0 Å². The van der Waals surface area contributed by atoms with Crippen molar-refractivity contribution in [3.05, 3.63) is 83.9 Å². The Bertz CT molecular complexity index is 1010. The van der Waals surface area contributed by atoms with Crippen molar-refractivity contribution in [3.8, 4) is 11.1 Å². The lowest BCUT2D eigenvalue weighted by Gasteiger charge is -2.19. The van der Waals surface area contributed by atoms with Gasteiger partial charge >= 0.3 is 0 Å². The Morgan fingerprint density at radius 2 is 1.19 bits per heavy atom. The number of sulfonamides is 1. The Kier molecular flexibility index (Phi) is 5.11. The van der Waals surface area contributed by atoms with Gasteiger partial charge in [0.05, 0.1) is 4.90 Å². The largest absolute Gasteiger partial charge is 0.280 e. The van der Waals surface area contributed by atoms with Crippen molar-refractivity contribution in [2.75, 3.05) is 4.72 Å². The standard InChI is InChI=1S/C23H25NO2S/c1-17-5-15-22(16-6-17)27(25,26)24-21-13-9-19(10-14-21)18-7-11-20(12-8-18)23(2,3)4/h5-16,24H,1-4H3. The van der Waals surface area contributed by atoms with Gasteiger partial charge in [-0.1, -0.05) is 74.9 Å². The molecule has 0 amide bonds. The van der Waals surface area contributed by atoms with E-state index >= 15 is 0 Å². The number of hydrogen-bond donors (Lipinski definition) is 1. The maximum absolute atomic E-state index is 12.5. The molecular formula is C23H25NO2S. The number of aryl methyl sites for hydroxylation is 1. The molecule has 0 unspecified atom stereocenters. The monoisotopic (exact) mass is 379 g/mol. The van der Waals surface area contributed by atoms with Crippen LogP contribution in [-0.4, -0.2) is 8.42 Å². The van der Waals surface area contributed by atoms with Crippen molar-refractivity contribution in [2.24, 2.45) is 0 Å². The maximum Gasteiger partial charge on any atom is 0.261 e. The van der Waals surface area contributed by atoms with Crippen LogP contribution < -0.4 is 4.72 Å². The summed E-state index contributed by atoms with van der Waals surface area (Å²) in [6, 6.07) is 22.7. The molecule has 0 saturated carbocycles. The fourth-order valence-corrected chi connectivity index (χ4v) is 3.88. The van der Waals surface area contributed by atoms with Gasteiger partial charge in [-0.3, -0.25) is 4.72 Å². The first-order chi connectivity index (χ1) is 12.6. The third-order valence-corrected chi connectivity index (χ3v) is 5.95. The first kappa shape index (κ1) is 19.2. The minimum absolute atomic E-state index is 0.122. The van der Waals surface area contributed by atoms with Gasteiger partial charge in [-0.05, 0) is 53.3 Å². The molecule has 0 radical (unpaired) electrons. The van der Waals surface area contributed by atoms with E-state index in [-0.39, 0.29) is 10.3 Å². The molecule has 0 atom stereocenters. The molecule has 0 fully saturated rings. The zero-order valence-corrected chi connectivity index (χ0v) is 17.0. The second-order valence-corrected chi connectivity index (χ2v) is 9.51. The summed E-state index contributed by atoms with van der Waals surface area (Å²) < 4.78 is 27.6. The molecule has 3 aromatic carbocycles. The summed E-state index contributed by atoms with van der Waals surface area (Å²) in [5.74, 6) is 0. The Labute approximate surface area is 162 Å². The van der Waals surface area contributed by atoms with Crippen LogP contribution in [0.2, 0.25) is 0 Å². The van der Waals surface area contributed by atoms with Crippen LogP contribution in [0.25, 0.3) is 11.1 Å². The minimum Gasteiger partial charge on any atom is -0.280 e. The molecule has 0 spiro atoms. The van der Waals surface area contributed by atoms with Gasteiger partial charge in [0.15, 0.2) is 0 Å². The van der Waals surface area contributed by atoms with Gasteiger partial charge in [0.25, 0.3) is 10.0 Å². The summed E-state index contributed by atoms with van der Waals surface area (Å²) in [4.78, 5) is 0.259. The van der Waals surface area contributed by atoms with Crippen molar-refractivity contribution in [1.82, 2.24) is 0 Å². The van der Waals surface area contributed by atoms with Gasteiger partial charge in [0.1, 0.15) is 0 Å². The highest BCUT2D eigenvalue weighted by atomic mass is 32.2. The number of nitrogens with one attached hydrogen (secondary N) is 1. The SMILES string of the molecule is Cc1ccc(S(=O)(=O)Nc2ccc(-c3ccc(C(C)(C)C)cc3)cc2)cc1. The van der Waals surface area contributed by atoms with Gasteiger partial charge in [-0.2, -0.15) is 0 Å². The summed E-state index contributed by atoms with van der Waals surface area (Å²) >= 11 is 0. The lowest BCUT2D eigenvalue weighted by Crippen LogP contribution is -2.12. The Hall–Kier alpha value is -2.59. The third kappa shape index (κ3) is 4.58. The van der Waals surface area contributed by atoms with E-state index in [9.17, 15) is 8.42 Å². The minimum atomic E-state index is -3.58. The van der Waals surface area contributed by atoms with Crippen molar-refractivity contribution >= 4 is 15.7 Å². The van der Waals surface area contributed by atoms with Crippen LogP contribution >= 0.6 is 0 Å². The molecule has 0 aliphatic rings. The highest BCUT2D eigenvalue weighted by Crippen LogP contribution is 2.27. The lowest BCUT2D eigenvalue weighted by molar-refractivity contribution is 0.590. The van der Waals surface area contributed by atoms with Gasteiger partial charge in [0, 0.05) is 5.69 Å². The fourth-order valence-electron chi connectivity index (χ4n) is 2.82. The summed E-state index contributed by atoms with van der Waals surface area (Å²) in [6.07, 6.45) is 0. The zero-order valence-electron chi connectivity index (χ0n) is 16.2. The van der Waals surface area contributed by atoms with Crippen molar-refractivity contribution in [1.29, 1.82) is 0 Å². The van der Waals surface area contributed by atoms with Crippen LogP contribution in [0.3, 0.4) is 0 Å². The second kappa shape index (κ2) is 7.20. The highest BCUT2D eigenvalue weighted by Gasteiger charge is 2.15. The molecule has 27 heavy (non-hydrogen) atoms.